The molecule has 0 atom stereocenters. The minimum Gasteiger partial charge on any atom is -0.392 e. The number of amides is 1. The number of aliphatic hydroxyl groups excluding tert-OH is 1. The number of hydrogen-bond acceptors (Lipinski definition) is 4. The zero-order chi connectivity index (χ0) is 14.5. The van der Waals surface area contributed by atoms with Crippen molar-refractivity contribution in [1.82, 2.24) is 15.1 Å². The number of hydrogen-bond donors (Lipinski definition) is 2. The molecule has 0 saturated heterocycles. The molecule has 0 aliphatic heterocycles. The molecule has 0 aliphatic carbocycles. The van der Waals surface area contributed by atoms with Crippen molar-refractivity contribution in [2.75, 3.05) is 0 Å². The van der Waals surface area contributed by atoms with Crippen molar-refractivity contribution in [3.05, 3.63) is 63.6 Å². The second-order valence-electron chi connectivity index (χ2n) is 4.34. The number of aromatic nitrogens is 2. The maximum atomic E-state index is 11.9. The molecule has 0 saturated carbocycles. The fraction of sp³-hybridized carbons (Fsp3) is 0.214. The predicted octanol–water partition coefficient (Wildman–Crippen LogP) is 0.203. The third kappa shape index (κ3) is 3.30. The number of carbonyl (C=O) groups excluding carboxylic acids is 1. The fourth-order valence-corrected chi connectivity index (χ4v) is 1.73. The van der Waals surface area contributed by atoms with Crippen molar-refractivity contribution in [3.8, 4) is 0 Å². The third-order valence-corrected chi connectivity index (χ3v) is 2.82. The molecule has 20 heavy (non-hydrogen) atoms. The maximum absolute atomic E-state index is 11.9. The Morgan fingerprint density at radius 2 is 2.05 bits per heavy atom. The van der Waals surface area contributed by atoms with Gasteiger partial charge in [-0.3, -0.25) is 9.59 Å². The number of carbonyl (C=O) groups is 1. The number of aliphatic hydroxyl groups is 1. The van der Waals surface area contributed by atoms with Crippen molar-refractivity contribution in [1.29, 1.82) is 0 Å². The van der Waals surface area contributed by atoms with Gasteiger partial charge in [0.15, 0.2) is 0 Å². The Bertz CT molecular complexity index is 679. The summed E-state index contributed by atoms with van der Waals surface area (Å²) >= 11 is 0. The topological polar surface area (TPSA) is 84.2 Å². The lowest BCUT2D eigenvalue weighted by Gasteiger charge is -2.06. The van der Waals surface area contributed by atoms with E-state index in [1.54, 1.807) is 6.07 Å². The highest BCUT2D eigenvalue weighted by Gasteiger charge is 2.08. The van der Waals surface area contributed by atoms with Crippen molar-refractivity contribution in [3.63, 3.8) is 0 Å². The molecule has 1 aromatic carbocycles. The molecule has 6 nitrogen and oxygen atoms in total. The average molecular weight is 273 g/mol. The summed E-state index contributed by atoms with van der Waals surface area (Å²) in [7, 11) is 1.49. The number of benzene rings is 1. The van der Waals surface area contributed by atoms with Crippen molar-refractivity contribution in [2.24, 2.45) is 7.05 Å². The SMILES string of the molecule is Cn1nc(C(=O)NCc2cccc(CO)c2)ccc1=O. The smallest absolute Gasteiger partial charge is 0.271 e. The Hall–Kier alpha value is -2.47. The van der Waals surface area contributed by atoms with Gasteiger partial charge in [-0.25, -0.2) is 4.68 Å². The normalized spacial score (nSPS) is 10.3. The number of nitrogens with zero attached hydrogens (tertiary/aromatic N) is 2. The molecule has 0 radical (unpaired) electrons. The molecule has 0 spiro atoms. The summed E-state index contributed by atoms with van der Waals surface area (Å²) < 4.78 is 1.11. The first-order chi connectivity index (χ1) is 9.60. The van der Waals surface area contributed by atoms with E-state index in [0.29, 0.717) is 6.54 Å². The van der Waals surface area contributed by atoms with Gasteiger partial charge in [-0.1, -0.05) is 24.3 Å². The van der Waals surface area contributed by atoms with Crippen LogP contribution in [0, 0.1) is 0 Å². The fourth-order valence-electron chi connectivity index (χ4n) is 1.73. The van der Waals surface area contributed by atoms with Gasteiger partial charge in [0.05, 0.1) is 6.61 Å². The van der Waals surface area contributed by atoms with Gasteiger partial charge >= 0.3 is 0 Å². The lowest BCUT2D eigenvalue weighted by atomic mass is 10.1. The molecule has 0 unspecified atom stereocenters. The van der Waals surface area contributed by atoms with E-state index in [4.69, 9.17) is 5.11 Å². The molecule has 104 valence electrons. The van der Waals surface area contributed by atoms with Crippen LogP contribution in [0.25, 0.3) is 0 Å². The molecule has 0 aliphatic rings. The van der Waals surface area contributed by atoms with E-state index in [-0.39, 0.29) is 23.8 Å². The van der Waals surface area contributed by atoms with Gasteiger partial charge < -0.3 is 10.4 Å². The zero-order valence-electron chi connectivity index (χ0n) is 11.0. The van der Waals surface area contributed by atoms with Crippen LogP contribution >= 0.6 is 0 Å². The first-order valence-corrected chi connectivity index (χ1v) is 6.11. The van der Waals surface area contributed by atoms with Crippen LogP contribution in [-0.4, -0.2) is 20.8 Å². The quantitative estimate of drug-likeness (QED) is 0.833. The lowest BCUT2D eigenvalue weighted by Crippen LogP contribution is -2.28. The largest absolute Gasteiger partial charge is 0.392 e. The summed E-state index contributed by atoms with van der Waals surface area (Å²) in [6.45, 7) is 0.293. The van der Waals surface area contributed by atoms with Crippen LogP contribution in [0.3, 0.4) is 0 Å². The van der Waals surface area contributed by atoms with Gasteiger partial charge in [0.1, 0.15) is 5.69 Å². The highest BCUT2D eigenvalue weighted by Crippen LogP contribution is 2.05. The highest BCUT2D eigenvalue weighted by molar-refractivity contribution is 5.91. The van der Waals surface area contributed by atoms with E-state index < -0.39 is 0 Å². The first-order valence-electron chi connectivity index (χ1n) is 6.11. The molecule has 2 N–H and O–H groups in total. The van der Waals surface area contributed by atoms with Crippen LogP contribution in [0.1, 0.15) is 21.6 Å². The number of nitrogens with one attached hydrogen (secondary N) is 1. The Kier molecular flexibility index (Phi) is 4.27. The molecule has 1 heterocycles. The Labute approximate surface area is 115 Å². The molecule has 2 rings (SSSR count). The van der Waals surface area contributed by atoms with Crippen LogP contribution < -0.4 is 10.9 Å². The minimum atomic E-state index is -0.352. The third-order valence-electron chi connectivity index (χ3n) is 2.82. The van der Waals surface area contributed by atoms with E-state index in [1.165, 1.54) is 19.2 Å². The summed E-state index contributed by atoms with van der Waals surface area (Å²) in [5.74, 6) is -0.352. The Morgan fingerprint density at radius 3 is 2.75 bits per heavy atom. The molecule has 0 fully saturated rings. The standard InChI is InChI=1S/C14H15N3O3/c1-17-13(19)6-5-12(16-17)14(20)15-8-10-3-2-4-11(7-10)9-18/h2-7,18H,8-9H2,1H3,(H,15,20). The van der Waals surface area contributed by atoms with E-state index in [1.807, 2.05) is 18.2 Å². The minimum absolute atomic E-state index is 0.0376. The van der Waals surface area contributed by atoms with Gasteiger partial charge in [0.25, 0.3) is 11.5 Å². The second-order valence-corrected chi connectivity index (χ2v) is 4.34. The molecule has 1 aromatic heterocycles. The van der Waals surface area contributed by atoms with E-state index in [9.17, 15) is 9.59 Å². The van der Waals surface area contributed by atoms with Crippen LogP contribution in [0.4, 0.5) is 0 Å². The first kappa shape index (κ1) is 14.0. The van der Waals surface area contributed by atoms with Crippen LogP contribution in [0.5, 0.6) is 0 Å². The number of rotatable bonds is 4. The zero-order valence-corrected chi connectivity index (χ0v) is 11.0. The van der Waals surface area contributed by atoms with Gasteiger partial charge in [0, 0.05) is 19.7 Å². The van der Waals surface area contributed by atoms with Gasteiger partial charge in [-0.15, -0.1) is 0 Å². The molecule has 0 bridgehead atoms. The van der Waals surface area contributed by atoms with Gasteiger partial charge in [-0.2, -0.15) is 5.10 Å². The second kappa shape index (κ2) is 6.12. The summed E-state index contributed by atoms with van der Waals surface area (Å²) in [5, 5.41) is 15.6. The predicted molar refractivity (Wildman–Crippen MR) is 73.0 cm³/mol. The average Bonchev–Trinajstić information content (AvgIpc) is 2.47. The van der Waals surface area contributed by atoms with Gasteiger partial charge in [0.2, 0.25) is 0 Å². The number of aryl methyl sites for hydroxylation is 1. The Morgan fingerprint density at radius 1 is 1.30 bits per heavy atom. The highest BCUT2D eigenvalue weighted by atomic mass is 16.3. The summed E-state index contributed by atoms with van der Waals surface area (Å²) in [4.78, 5) is 23.1. The monoisotopic (exact) mass is 273 g/mol. The van der Waals surface area contributed by atoms with E-state index >= 15 is 0 Å². The maximum Gasteiger partial charge on any atom is 0.271 e. The Balaban J connectivity index is 2.04. The van der Waals surface area contributed by atoms with Crippen molar-refractivity contribution in [2.45, 2.75) is 13.2 Å². The molecule has 2 aromatic rings. The van der Waals surface area contributed by atoms with Gasteiger partial charge in [-0.05, 0) is 17.2 Å². The van der Waals surface area contributed by atoms with Crippen LogP contribution in [-0.2, 0) is 20.2 Å². The van der Waals surface area contributed by atoms with Crippen molar-refractivity contribution >= 4 is 5.91 Å². The summed E-state index contributed by atoms with van der Waals surface area (Å²) in [5.41, 5.74) is 1.59. The molecular formula is C14H15N3O3. The van der Waals surface area contributed by atoms with E-state index in [2.05, 4.69) is 10.4 Å². The molecular weight excluding hydrogens is 258 g/mol. The molecule has 1 amide bonds. The summed E-state index contributed by atoms with van der Waals surface area (Å²) in [6.07, 6.45) is 0. The van der Waals surface area contributed by atoms with E-state index in [0.717, 1.165) is 15.8 Å². The van der Waals surface area contributed by atoms with Crippen LogP contribution in [0.15, 0.2) is 41.2 Å². The molecule has 6 heteroatoms. The summed E-state index contributed by atoms with van der Waals surface area (Å²) in [6, 6.07) is 9.98. The van der Waals surface area contributed by atoms with Crippen molar-refractivity contribution < 1.29 is 9.90 Å². The lowest BCUT2D eigenvalue weighted by molar-refractivity contribution is 0.0943. The van der Waals surface area contributed by atoms with Crippen LogP contribution in [0.2, 0.25) is 0 Å².